The molecule has 0 bridgehead atoms. The molecule has 0 fully saturated rings. The Morgan fingerprint density at radius 3 is 1.15 bits per heavy atom. The van der Waals surface area contributed by atoms with Crippen molar-refractivity contribution in [3.8, 4) is 0 Å². The normalized spacial score (nSPS) is 15.0. The van der Waals surface area contributed by atoms with Gasteiger partial charge in [-0.15, -0.1) is 0 Å². The third-order valence-corrected chi connectivity index (χ3v) is 3.95. The lowest BCUT2D eigenvalue weighted by Gasteiger charge is -2.14. The van der Waals surface area contributed by atoms with Crippen LogP contribution >= 0.6 is 0 Å². The van der Waals surface area contributed by atoms with Gasteiger partial charge >= 0.3 is 0 Å². The molecule has 2 unspecified atom stereocenters. The molecule has 2 atom stereocenters. The van der Waals surface area contributed by atoms with E-state index in [9.17, 15) is 0 Å². The number of nitrogens with two attached hydrogens (primary N) is 2. The first-order valence-corrected chi connectivity index (χ1v) is 8.93. The van der Waals surface area contributed by atoms with Gasteiger partial charge in [0.25, 0.3) is 0 Å². The van der Waals surface area contributed by atoms with Crippen LogP contribution in [0, 0.1) is 11.8 Å². The molecule has 0 rings (SSSR count). The molecule has 0 aliphatic carbocycles. The SMILES string of the molecule is CC(C)CC(N)CCCCCCCCC(N)CC(C)C. The lowest BCUT2D eigenvalue weighted by Crippen LogP contribution is -2.21. The Hall–Kier alpha value is -0.0800. The average Bonchev–Trinajstić information content (AvgIpc) is 2.30. The van der Waals surface area contributed by atoms with E-state index in [-0.39, 0.29) is 0 Å². The average molecular weight is 285 g/mol. The fourth-order valence-corrected chi connectivity index (χ4v) is 2.97. The topological polar surface area (TPSA) is 52.0 Å². The van der Waals surface area contributed by atoms with Gasteiger partial charge in [-0.1, -0.05) is 66.2 Å². The number of rotatable bonds is 13. The molecular weight excluding hydrogens is 244 g/mol. The molecule has 0 aliphatic rings. The zero-order valence-corrected chi connectivity index (χ0v) is 14.5. The van der Waals surface area contributed by atoms with Crippen LogP contribution in [0.25, 0.3) is 0 Å². The fraction of sp³-hybridized carbons (Fsp3) is 1.00. The van der Waals surface area contributed by atoms with E-state index < -0.39 is 0 Å². The van der Waals surface area contributed by atoms with Gasteiger partial charge in [0.15, 0.2) is 0 Å². The van der Waals surface area contributed by atoms with Gasteiger partial charge in [-0.05, 0) is 37.5 Å². The molecule has 0 saturated heterocycles. The van der Waals surface area contributed by atoms with Gasteiger partial charge < -0.3 is 11.5 Å². The van der Waals surface area contributed by atoms with Crippen molar-refractivity contribution in [2.45, 2.75) is 104 Å². The van der Waals surface area contributed by atoms with Crippen LogP contribution in [0.15, 0.2) is 0 Å². The minimum Gasteiger partial charge on any atom is -0.328 e. The smallest absolute Gasteiger partial charge is 0.00412 e. The van der Waals surface area contributed by atoms with Crippen LogP contribution in [0.2, 0.25) is 0 Å². The van der Waals surface area contributed by atoms with Crippen LogP contribution in [-0.2, 0) is 0 Å². The van der Waals surface area contributed by atoms with E-state index >= 15 is 0 Å². The summed E-state index contributed by atoms with van der Waals surface area (Å²) >= 11 is 0. The molecule has 0 saturated carbocycles. The summed E-state index contributed by atoms with van der Waals surface area (Å²) in [4.78, 5) is 0. The van der Waals surface area contributed by atoms with Crippen molar-refractivity contribution in [1.29, 1.82) is 0 Å². The molecule has 0 heterocycles. The molecule has 0 aromatic heterocycles. The third kappa shape index (κ3) is 14.3. The van der Waals surface area contributed by atoms with Gasteiger partial charge in [-0.2, -0.15) is 0 Å². The van der Waals surface area contributed by atoms with Gasteiger partial charge in [0, 0.05) is 12.1 Å². The highest BCUT2D eigenvalue weighted by Crippen LogP contribution is 2.14. The molecule has 2 heteroatoms. The molecule has 122 valence electrons. The first-order valence-electron chi connectivity index (χ1n) is 8.93. The quantitative estimate of drug-likeness (QED) is 0.475. The third-order valence-electron chi connectivity index (χ3n) is 3.95. The predicted molar refractivity (Wildman–Crippen MR) is 91.8 cm³/mol. The Morgan fingerprint density at radius 1 is 0.550 bits per heavy atom. The van der Waals surface area contributed by atoms with Crippen LogP contribution < -0.4 is 11.5 Å². The van der Waals surface area contributed by atoms with E-state index in [0.29, 0.717) is 12.1 Å². The molecule has 0 aromatic carbocycles. The highest BCUT2D eigenvalue weighted by atomic mass is 14.6. The van der Waals surface area contributed by atoms with Gasteiger partial charge in [-0.25, -0.2) is 0 Å². The van der Waals surface area contributed by atoms with Crippen LogP contribution in [0.5, 0.6) is 0 Å². The number of hydrogen-bond acceptors (Lipinski definition) is 2. The van der Waals surface area contributed by atoms with Crippen molar-refractivity contribution in [3.63, 3.8) is 0 Å². The molecule has 4 N–H and O–H groups in total. The lowest BCUT2D eigenvalue weighted by atomic mass is 9.97. The maximum atomic E-state index is 6.10. The van der Waals surface area contributed by atoms with Gasteiger partial charge in [0.2, 0.25) is 0 Å². The summed E-state index contributed by atoms with van der Waals surface area (Å²) in [6.07, 6.45) is 12.8. The Kier molecular flexibility index (Phi) is 12.6. The summed E-state index contributed by atoms with van der Waals surface area (Å²) in [5, 5.41) is 0. The van der Waals surface area contributed by atoms with Gasteiger partial charge in [-0.3, -0.25) is 0 Å². The van der Waals surface area contributed by atoms with Crippen LogP contribution in [0.1, 0.15) is 91.9 Å². The van der Waals surface area contributed by atoms with E-state index in [1.165, 1.54) is 64.2 Å². The minimum atomic E-state index is 0.420. The molecule has 20 heavy (non-hydrogen) atoms. The molecular formula is C18H40N2. The van der Waals surface area contributed by atoms with Crippen LogP contribution in [0.4, 0.5) is 0 Å². The molecule has 0 amide bonds. The van der Waals surface area contributed by atoms with E-state index in [2.05, 4.69) is 27.7 Å². The van der Waals surface area contributed by atoms with E-state index in [0.717, 1.165) is 11.8 Å². The van der Waals surface area contributed by atoms with Crippen molar-refractivity contribution in [3.05, 3.63) is 0 Å². The molecule has 0 aromatic rings. The minimum absolute atomic E-state index is 0.420. The maximum Gasteiger partial charge on any atom is 0.00412 e. The van der Waals surface area contributed by atoms with Crippen molar-refractivity contribution in [2.75, 3.05) is 0 Å². The molecule has 0 aliphatic heterocycles. The summed E-state index contributed by atoms with van der Waals surface area (Å²) in [7, 11) is 0. The molecule has 0 radical (unpaired) electrons. The summed E-state index contributed by atoms with van der Waals surface area (Å²) in [5.74, 6) is 1.47. The van der Waals surface area contributed by atoms with Gasteiger partial charge in [0.1, 0.15) is 0 Å². The van der Waals surface area contributed by atoms with Crippen molar-refractivity contribution in [1.82, 2.24) is 0 Å². The van der Waals surface area contributed by atoms with Crippen molar-refractivity contribution >= 4 is 0 Å². The first kappa shape index (κ1) is 19.9. The summed E-state index contributed by atoms with van der Waals surface area (Å²) in [6, 6.07) is 0.841. The fourth-order valence-electron chi connectivity index (χ4n) is 2.97. The van der Waals surface area contributed by atoms with Crippen molar-refractivity contribution in [2.24, 2.45) is 23.3 Å². The van der Waals surface area contributed by atoms with E-state index in [1.807, 2.05) is 0 Å². The highest BCUT2D eigenvalue weighted by molar-refractivity contribution is 4.65. The zero-order valence-electron chi connectivity index (χ0n) is 14.5. The van der Waals surface area contributed by atoms with Crippen LogP contribution in [-0.4, -0.2) is 12.1 Å². The second-order valence-electron chi connectivity index (χ2n) is 7.48. The molecule has 2 nitrogen and oxygen atoms in total. The lowest BCUT2D eigenvalue weighted by molar-refractivity contribution is 0.440. The molecule has 0 spiro atoms. The standard InChI is InChI=1S/C18H40N2/c1-15(2)13-17(19)11-9-7-5-6-8-10-12-18(20)14-16(3)4/h15-18H,5-14,19-20H2,1-4H3. The van der Waals surface area contributed by atoms with E-state index in [4.69, 9.17) is 11.5 Å². The first-order chi connectivity index (χ1) is 9.41. The predicted octanol–water partition coefficient (Wildman–Crippen LogP) is 4.85. The summed E-state index contributed by atoms with van der Waals surface area (Å²) < 4.78 is 0. The summed E-state index contributed by atoms with van der Waals surface area (Å²) in [6.45, 7) is 9.02. The van der Waals surface area contributed by atoms with Crippen molar-refractivity contribution < 1.29 is 0 Å². The van der Waals surface area contributed by atoms with Gasteiger partial charge in [0.05, 0.1) is 0 Å². The number of hydrogen-bond donors (Lipinski definition) is 2. The maximum absolute atomic E-state index is 6.10. The van der Waals surface area contributed by atoms with Crippen LogP contribution in [0.3, 0.4) is 0 Å². The number of unbranched alkanes of at least 4 members (excludes halogenated alkanes) is 5. The highest BCUT2D eigenvalue weighted by Gasteiger charge is 2.06. The Bertz CT molecular complexity index is 180. The Balaban J connectivity index is 3.24. The second kappa shape index (κ2) is 12.6. The largest absolute Gasteiger partial charge is 0.328 e. The second-order valence-corrected chi connectivity index (χ2v) is 7.48. The zero-order chi connectivity index (χ0) is 15.4. The monoisotopic (exact) mass is 284 g/mol. The summed E-state index contributed by atoms with van der Waals surface area (Å²) in [5.41, 5.74) is 12.2. The Labute approximate surface area is 128 Å². The Morgan fingerprint density at radius 2 is 0.850 bits per heavy atom. The van der Waals surface area contributed by atoms with E-state index in [1.54, 1.807) is 0 Å².